The Hall–Kier alpha value is -1.82. The van der Waals surface area contributed by atoms with E-state index >= 15 is 0 Å². The number of carbonyl (C=O) groups is 1. The number of benzene rings is 1. The molecule has 1 rings (SSSR count). The van der Waals surface area contributed by atoms with Gasteiger partial charge < -0.3 is 5.32 Å². The topological polar surface area (TPSA) is 52.9 Å². The van der Waals surface area contributed by atoms with Gasteiger partial charge in [0, 0.05) is 13.0 Å². The predicted octanol–water partition coefficient (Wildman–Crippen LogP) is 2.04. The van der Waals surface area contributed by atoms with Crippen molar-refractivity contribution in [1.82, 2.24) is 5.32 Å². The quantitative estimate of drug-likeness (QED) is 0.740. The molecule has 84 valence electrons. The van der Waals surface area contributed by atoms with E-state index in [0.717, 1.165) is 12.8 Å². The fourth-order valence-corrected chi connectivity index (χ4v) is 1.44. The maximum absolute atomic E-state index is 11.3. The third kappa shape index (κ3) is 5.16. The van der Waals surface area contributed by atoms with E-state index in [-0.39, 0.29) is 5.91 Å². The molecule has 0 saturated carbocycles. The van der Waals surface area contributed by atoms with E-state index in [4.69, 9.17) is 5.26 Å². The van der Waals surface area contributed by atoms with E-state index < -0.39 is 0 Å². The number of rotatable bonds is 6. The van der Waals surface area contributed by atoms with Gasteiger partial charge in [0.1, 0.15) is 0 Å². The van der Waals surface area contributed by atoms with E-state index in [2.05, 4.69) is 17.4 Å². The first-order valence-corrected chi connectivity index (χ1v) is 5.50. The molecule has 0 radical (unpaired) electrons. The number of hydrogen-bond acceptors (Lipinski definition) is 2. The van der Waals surface area contributed by atoms with Crippen molar-refractivity contribution in [1.29, 1.82) is 5.26 Å². The molecule has 0 fully saturated rings. The molecular formula is C13H16N2O. The van der Waals surface area contributed by atoms with Crippen LogP contribution in [0, 0.1) is 11.3 Å². The van der Waals surface area contributed by atoms with E-state index in [0.29, 0.717) is 19.4 Å². The molecule has 0 spiro atoms. The molecule has 1 aromatic rings. The SMILES string of the molecule is N#CCCNC(=O)CCCc1ccccc1. The molecule has 1 aromatic carbocycles. The summed E-state index contributed by atoms with van der Waals surface area (Å²) in [6, 6.07) is 12.1. The van der Waals surface area contributed by atoms with Crippen LogP contribution in [0.4, 0.5) is 0 Å². The van der Waals surface area contributed by atoms with Crippen molar-refractivity contribution in [2.45, 2.75) is 25.7 Å². The van der Waals surface area contributed by atoms with E-state index in [1.807, 2.05) is 24.3 Å². The van der Waals surface area contributed by atoms with Crippen LogP contribution < -0.4 is 5.32 Å². The second-order valence-electron chi connectivity index (χ2n) is 3.60. The van der Waals surface area contributed by atoms with Crippen LogP contribution in [0.25, 0.3) is 0 Å². The number of aryl methyl sites for hydroxylation is 1. The van der Waals surface area contributed by atoms with Crippen LogP contribution in [0.3, 0.4) is 0 Å². The third-order valence-corrected chi connectivity index (χ3v) is 2.27. The van der Waals surface area contributed by atoms with Gasteiger partial charge in [-0.2, -0.15) is 5.26 Å². The lowest BCUT2D eigenvalue weighted by molar-refractivity contribution is -0.121. The first kappa shape index (κ1) is 12.3. The highest BCUT2D eigenvalue weighted by molar-refractivity contribution is 5.75. The van der Waals surface area contributed by atoms with Gasteiger partial charge >= 0.3 is 0 Å². The number of nitrogens with one attached hydrogen (secondary N) is 1. The minimum absolute atomic E-state index is 0.0335. The Labute approximate surface area is 96.1 Å². The number of hydrogen-bond donors (Lipinski definition) is 1. The largest absolute Gasteiger partial charge is 0.355 e. The molecule has 0 aliphatic heterocycles. The van der Waals surface area contributed by atoms with Crippen molar-refractivity contribution in [2.75, 3.05) is 6.54 Å². The summed E-state index contributed by atoms with van der Waals surface area (Å²) in [7, 11) is 0. The molecule has 1 N–H and O–H groups in total. The van der Waals surface area contributed by atoms with E-state index in [1.165, 1.54) is 5.56 Å². The van der Waals surface area contributed by atoms with Gasteiger partial charge in [0.25, 0.3) is 0 Å². The molecule has 0 atom stereocenters. The zero-order chi connectivity index (χ0) is 11.6. The zero-order valence-electron chi connectivity index (χ0n) is 9.28. The molecular weight excluding hydrogens is 200 g/mol. The number of amides is 1. The summed E-state index contributed by atoms with van der Waals surface area (Å²) in [5.41, 5.74) is 1.26. The predicted molar refractivity (Wildman–Crippen MR) is 62.6 cm³/mol. The van der Waals surface area contributed by atoms with Crippen LogP contribution >= 0.6 is 0 Å². The summed E-state index contributed by atoms with van der Waals surface area (Å²) in [5.74, 6) is 0.0335. The van der Waals surface area contributed by atoms with Crippen LogP contribution in [0.1, 0.15) is 24.8 Å². The molecule has 0 unspecified atom stereocenters. The summed E-state index contributed by atoms with van der Waals surface area (Å²) in [6.45, 7) is 0.459. The van der Waals surface area contributed by atoms with Gasteiger partial charge in [-0.05, 0) is 18.4 Å². The van der Waals surface area contributed by atoms with Gasteiger partial charge in [0.05, 0.1) is 12.5 Å². The van der Waals surface area contributed by atoms with Crippen molar-refractivity contribution in [3.05, 3.63) is 35.9 Å². The summed E-state index contributed by atoms with van der Waals surface area (Å²) in [4.78, 5) is 11.3. The minimum atomic E-state index is 0.0335. The second-order valence-corrected chi connectivity index (χ2v) is 3.60. The van der Waals surface area contributed by atoms with Gasteiger partial charge in [-0.15, -0.1) is 0 Å². The Morgan fingerprint density at radius 3 is 2.75 bits per heavy atom. The van der Waals surface area contributed by atoms with Gasteiger partial charge in [-0.25, -0.2) is 0 Å². The number of carbonyl (C=O) groups excluding carboxylic acids is 1. The Morgan fingerprint density at radius 2 is 2.06 bits per heavy atom. The van der Waals surface area contributed by atoms with Gasteiger partial charge in [-0.1, -0.05) is 30.3 Å². The molecule has 0 aliphatic carbocycles. The van der Waals surface area contributed by atoms with E-state index in [9.17, 15) is 4.79 Å². The van der Waals surface area contributed by atoms with Crippen molar-refractivity contribution in [3.63, 3.8) is 0 Å². The first-order chi connectivity index (χ1) is 7.83. The first-order valence-electron chi connectivity index (χ1n) is 5.50. The van der Waals surface area contributed by atoms with Crippen LogP contribution in [0.5, 0.6) is 0 Å². The average molecular weight is 216 g/mol. The lowest BCUT2D eigenvalue weighted by atomic mass is 10.1. The highest BCUT2D eigenvalue weighted by Gasteiger charge is 2.00. The summed E-state index contributed by atoms with van der Waals surface area (Å²) in [5, 5.41) is 11.0. The average Bonchev–Trinajstić information content (AvgIpc) is 2.31. The Bertz CT molecular complexity index is 354. The summed E-state index contributed by atoms with van der Waals surface area (Å²) >= 11 is 0. The lowest BCUT2D eigenvalue weighted by Gasteiger charge is -2.02. The molecule has 1 amide bonds. The summed E-state index contributed by atoms with van der Waals surface area (Å²) < 4.78 is 0. The molecule has 0 saturated heterocycles. The Morgan fingerprint density at radius 1 is 1.31 bits per heavy atom. The molecule has 3 nitrogen and oxygen atoms in total. The zero-order valence-corrected chi connectivity index (χ0v) is 9.28. The fraction of sp³-hybridized carbons (Fsp3) is 0.385. The van der Waals surface area contributed by atoms with Crippen molar-refractivity contribution in [2.24, 2.45) is 0 Å². The standard InChI is InChI=1S/C13H16N2O/c14-10-5-11-15-13(16)9-4-8-12-6-2-1-3-7-12/h1-3,6-7H,4-5,8-9,11H2,(H,15,16). The van der Waals surface area contributed by atoms with Crippen molar-refractivity contribution < 1.29 is 4.79 Å². The minimum Gasteiger partial charge on any atom is -0.355 e. The van der Waals surface area contributed by atoms with Crippen LogP contribution in [-0.2, 0) is 11.2 Å². The Balaban J connectivity index is 2.12. The second kappa shape index (κ2) is 7.47. The van der Waals surface area contributed by atoms with Crippen LogP contribution in [0.2, 0.25) is 0 Å². The fourth-order valence-electron chi connectivity index (χ4n) is 1.44. The smallest absolute Gasteiger partial charge is 0.220 e. The molecule has 0 bridgehead atoms. The number of nitriles is 1. The maximum atomic E-state index is 11.3. The van der Waals surface area contributed by atoms with Crippen LogP contribution in [-0.4, -0.2) is 12.5 Å². The molecule has 0 aliphatic rings. The van der Waals surface area contributed by atoms with Gasteiger partial charge in [-0.3, -0.25) is 4.79 Å². The van der Waals surface area contributed by atoms with Crippen molar-refractivity contribution >= 4 is 5.91 Å². The monoisotopic (exact) mass is 216 g/mol. The van der Waals surface area contributed by atoms with Crippen molar-refractivity contribution in [3.8, 4) is 6.07 Å². The van der Waals surface area contributed by atoms with Crippen LogP contribution in [0.15, 0.2) is 30.3 Å². The van der Waals surface area contributed by atoms with E-state index in [1.54, 1.807) is 0 Å². The lowest BCUT2D eigenvalue weighted by Crippen LogP contribution is -2.23. The maximum Gasteiger partial charge on any atom is 0.220 e. The summed E-state index contributed by atoms with van der Waals surface area (Å²) in [6.07, 6.45) is 2.68. The highest BCUT2D eigenvalue weighted by Crippen LogP contribution is 2.04. The van der Waals surface area contributed by atoms with Gasteiger partial charge in [0.15, 0.2) is 0 Å². The molecule has 0 heterocycles. The normalized spacial score (nSPS) is 9.44. The third-order valence-electron chi connectivity index (χ3n) is 2.27. The molecule has 16 heavy (non-hydrogen) atoms. The number of nitrogens with zero attached hydrogens (tertiary/aromatic N) is 1. The molecule has 0 aromatic heterocycles. The Kier molecular flexibility index (Phi) is 5.72. The highest BCUT2D eigenvalue weighted by atomic mass is 16.1. The van der Waals surface area contributed by atoms with Gasteiger partial charge in [0.2, 0.25) is 5.91 Å². The molecule has 3 heteroatoms.